The molecule has 1 aromatic heterocycles. The lowest BCUT2D eigenvalue weighted by Crippen LogP contribution is -2.31. The molecule has 5 nitrogen and oxygen atoms in total. The number of ether oxygens (including phenoxy) is 2. The number of rotatable bonds is 3. The van der Waals surface area contributed by atoms with Gasteiger partial charge in [0.15, 0.2) is 16.7 Å². The van der Waals surface area contributed by atoms with E-state index in [2.05, 4.69) is 10.2 Å². The third kappa shape index (κ3) is 2.28. The summed E-state index contributed by atoms with van der Waals surface area (Å²) < 4.78 is 13.4. The van der Waals surface area contributed by atoms with Crippen LogP contribution in [0.1, 0.15) is 0 Å². The number of benzene rings is 1. The second kappa shape index (κ2) is 4.89. The van der Waals surface area contributed by atoms with E-state index in [1.54, 1.807) is 18.1 Å². The third-order valence-corrected chi connectivity index (χ3v) is 3.80. The zero-order valence-electron chi connectivity index (χ0n) is 9.94. The number of para-hydroxylation sites is 2. The molecule has 6 heteroatoms. The molecule has 2 aromatic rings. The summed E-state index contributed by atoms with van der Waals surface area (Å²) >= 11 is 1.62. The number of hydrogen-bond acceptors (Lipinski definition) is 5. The van der Waals surface area contributed by atoms with E-state index >= 15 is 0 Å². The molecule has 1 aliphatic rings. The molecule has 94 valence electrons. The number of aromatic nitrogens is 3. The molecule has 0 bridgehead atoms. The van der Waals surface area contributed by atoms with Crippen molar-refractivity contribution < 1.29 is 9.47 Å². The van der Waals surface area contributed by atoms with Gasteiger partial charge in [-0.2, -0.15) is 0 Å². The molecule has 0 fully saturated rings. The van der Waals surface area contributed by atoms with E-state index in [4.69, 9.17) is 9.47 Å². The van der Waals surface area contributed by atoms with Crippen LogP contribution in [0.4, 0.5) is 0 Å². The van der Waals surface area contributed by atoms with E-state index in [1.165, 1.54) is 0 Å². The van der Waals surface area contributed by atoms with Gasteiger partial charge in [0.25, 0.3) is 0 Å². The fraction of sp³-hybridized carbons (Fsp3) is 0.333. The smallest absolute Gasteiger partial charge is 0.190 e. The van der Waals surface area contributed by atoms with Gasteiger partial charge >= 0.3 is 0 Å². The summed E-state index contributed by atoms with van der Waals surface area (Å²) in [6.45, 7) is 0.571. The fourth-order valence-electron chi connectivity index (χ4n) is 1.72. The van der Waals surface area contributed by atoms with Crippen molar-refractivity contribution in [1.82, 2.24) is 14.8 Å². The first-order valence-electron chi connectivity index (χ1n) is 5.68. The molecular weight excluding hydrogens is 250 g/mol. The minimum Gasteiger partial charge on any atom is -0.486 e. The monoisotopic (exact) mass is 263 g/mol. The van der Waals surface area contributed by atoms with Crippen molar-refractivity contribution in [3.8, 4) is 11.5 Å². The molecule has 0 saturated heterocycles. The number of hydrogen-bond donors (Lipinski definition) is 0. The molecule has 18 heavy (non-hydrogen) atoms. The minimum absolute atomic E-state index is 0.0431. The van der Waals surface area contributed by atoms with Crippen LogP contribution in [0.3, 0.4) is 0 Å². The standard InChI is InChI=1S/C12H13N3O2S/c1-15-8-13-14-12(15)18-7-9-6-16-10-4-2-3-5-11(10)17-9/h2-5,8-9H,6-7H2,1H3/t9-/m0/s1. The quantitative estimate of drug-likeness (QED) is 0.790. The van der Waals surface area contributed by atoms with E-state index < -0.39 is 0 Å². The average molecular weight is 263 g/mol. The zero-order valence-corrected chi connectivity index (χ0v) is 10.8. The lowest BCUT2D eigenvalue weighted by Gasteiger charge is -2.25. The molecule has 1 aliphatic heterocycles. The van der Waals surface area contributed by atoms with Crippen LogP contribution in [0.15, 0.2) is 35.7 Å². The Balaban J connectivity index is 1.61. The minimum atomic E-state index is 0.0431. The van der Waals surface area contributed by atoms with E-state index in [0.717, 1.165) is 22.4 Å². The third-order valence-electron chi connectivity index (χ3n) is 2.64. The Kier molecular flexibility index (Phi) is 3.10. The predicted octanol–water partition coefficient (Wildman–Crippen LogP) is 1.75. The molecule has 1 aromatic carbocycles. The highest BCUT2D eigenvalue weighted by Crippen LogP contribution is 2.32. The molecule has 2 heterocycles. The summed E-state index contributed by atoms with van der Waals surface area (Å²) in [5.74, 6) is 2.42. The largest absolute Gasteiger partial charge is 0.486 e. The van der Waals surface area contributed by atoms with Crippen molar-refractivity contribution in [2.24, 2.45) is 7.05 Å². The van der Waals surface area contributed by atoms with E-state index in [1.807, 2.05) is 35.9 Å². The molecule has 0 radical (unpaired) electrons. The van der Waals surface area contributed by atoms with Gasteiger partial charge < -0.3 is 14.0 Å². The summed E-state index contributed by atoms with van der Waals surface area (Å²) in [6, 6.07) is 7.73. The summed E-state index contributed by atoms with van der Waals surface area (Å²) in [5.41, 5.74) is 0. The van der Waals surface area contributed by atoms with Crippen LogP contribution in [-0.4, -0.2) is 33.2 Å². The Bertz CT molecular complexity index is 544. The molecule has 0 amide bonds. The summed E-state index contributed by atoms with van der Waals surface area (Å²) in [7, 11) is 1.93. The lowest BCUT2D eigenvalue weighted by atomic mass is 10.3. The van der Waals surface area contributed by atoms with Gasteiger partial charge in [-0.3, -0.25) is 0 Å². The molecule has 0 aliphatic carbocycles. The Morgan fingerprint density at radius 1 is 1.39 bits per heavy atom. The topological polar surface area (TPSA) is 49.2 Å². The summed E-state index contributed by atoms with van der Waals surface area (Å²) in [5, 5.41) is 8.75. The Hall–Kier alpha value is -1.69. The van der Waals surface area contributed by atoms with E-state index in [0.29, 0.717) is 6.61 Å². The SMILES string of the molecule is Cn1cnnc1SC[C@@H]1COc2ccccc2O1. The molecule has 1 atom stereocenters. The second-order valence-electron chi connectivity index (χ2n) is 4.03. The van der Waals surface area contributed by atoms with Gasteiger partial charge in [0.2, 0.25) is 0 Å². The first kappa shape index (κ1) is 11.4. The van der Waals surface area contributed by atoms with Crippen LogP contribution < -0.4 is 9.47 Å². The van der Waals surface area contributed by atoms with Gasteiger partial charge in [-0.25, -0.2) is 0 Å². The Labute approximate surface area is 109 Å². The van der Waals surface area contributed by atoms with Crippen molar-refractivity contribution >= 4 is 11.8 Å². The van der Waals surface area contributed by atoms with Crippen molar-refractivity contribution in [3.05, 3.63) is 30.6 Å². The van der Waals surface area contributed by atoms with E-state index in [-0.39, 0.29) is 6.10 Å². The Morgan fingerprint density at radius 3 is 3.00 bits per heavy atom. The van der Waals surface area contributed by atoms with Gasteiger partial charge in [-0.15, -0.1) is 10.2 Å². The predicted molar refractivity (Wildman–Crippen MR) is 68.1 cm³/mol. The molecule has 0 unspecified atom stereocenters. The van der Waals surface area contributed by atoms with Crippen LogP contribution in [0.2, 0.25) is 0 Å². The molecule has 0 spiro atoms. The molecule has 0 saturated carbocycles. The van der Waals surface area contributed by atoms with Crippen molar-refractivity contribution in [1.29, 1.82) is 0 Å². The molecule has 3 rings (SSSR count). The maximum absolute atomic E-state index is 5.87. The summed E-state index contributed by atoms with van der Waals surface area (Å²) in [4.78, 5) is 0. The van der Waals surface area contributed by atoms with Gasteiger partial charge in [-0.05, 0) is 12.1 Å². The highest BCUT2D eigenvalue weighted by Gasteiger charge is 2.21. The average Bonchev–Trinajstić information content (AvgIpc) is 2.82. The lowest BCUT2D eigenvalue weighted by molar-refractivity contribution is 0.107. The van der Waals surface area contributed by atoms with Crippen molar-refractivity contribution in [3.63, 3.8) is 0 Å². The second-order valence-corrected chi connectivity index (χ2v) is 5.02. The first-order valence-corrected chi connectivity index (χ1v) is 6.67. The van der Waals surface area contributed by atoms with E-state index in [9.17, 15) is 0 Å². The maximum Gasteiger partial charge on any atom is 0.190 e. The first-order chi connectivity index (χ1) is 8.83. The Morgan fingerprint density at radius 2 is 2.22 bits per heavy atom. The maximum atomic E-state index is 5.87. The van der Waals surface area contributed by atoms with Crippen LogP contribution in [-0.2, 0) is 7.05 Å². The van der Waals surface area contributed by atoms with Gasteiger partial charge in [0.1, 0.15) is 19.0 Å². The van der Waals surface area contributed by atoms with Crippen LogP contribution in [0, 0.1) is 0 Å². The highest BCUT2D eigenvalue weighted by atomic mass is 32.2. The fourth-order valence-corrected chi connectivity index (χ4v) is 2.57. The number of thioether (sulfide) groups is 1. The highest BCUT2D eigenvalue weighted by molar-refractivity contribution is 7.99. The zero-order chi connectivity index (χ0) is 12.4. The molecule has 0 N–H and O–H groups in total. The van der Waals surface area contributed by atoms with Crippen molar-refractivity contribution in [2.45, 2.75) is 11.3 Å². The molecular formula is C12H13N3O2S. The van der Waals surface area contributed by atoms with Gasteiger partial charge in [0.05, 0.1) is 0 Å². The van der Waals surface area contributed by atoms with Crippen molar-refractivity contribution in [2.75, 3.05) is 12.4 Å². The van der Waals surface area contributed by atoms with Gasteiger partial charge in [-0.1, -0.05) is 23.9 Å². The number of fused-ring (bicyclic) bond motifs is 1. The van der Waals surface area contributed by atoms with Crippen LogP contribution in [0.5, 0.6) is 11.5 Å². The van der Waals surface area contributed by atoms with Crippen LogP contribution >= 0.6 is 11.8 Å². The number of aryl methyl sites for hydroxylation is 1. The normalized spacial score (nSPS) is 17.7. The van der Waals surface area contributed by atoms with Gasteiger partial charge in [0, 0.05) is 12.8 Å². The van der Waals surface area contributed by atoms with Crippen LogP contribution in [0.25, 0.3) is 0 Å². The summed E-state index contributed by atoms with van der Waals surface area (Å²) in [6.07, 6.45) is 1.73. The number of nitrogens with zero attached hydrogens (tertiary/aromatic N) is 3.